The molecule has 0 saturated heterocycles. The number of esters is 1. The molecule has 3 aromatic carbocycles. The van der Waals surface area contributed by atoms with Crippen molar-refractivity contribution in [3.05, 3.63) is 81.2 Å². The topological polar surface area (TPSA) is 94.1 Å². The molecular formula is C26H25Br2NO6S2. The molecule has 37 heavy (non-hydrogen) atoms. The number of anilines is 1. The number of phenols is 1. The lowest BCUT2D eigenvalue weighted by Crippen LogP contribution is -2.32. The van der Waals surface area contributed by atoms with Gasteiger partial charge in [0.1, 0.15) is 17.6 Å². The lowest BCUT2D eigenvalue weighted by atomic mass is 10.0. The number of nitrogens with one attached hydrogen (secondary N) is 1. The number of carbonyl (C=O) groups excluding carboxylic acids is 2. The van der Waals surface area contributed by atoms with Crippen LogP contribution in [-0.4, -0.2) is 41.9 Å². The van der Waals surface area contributed by atoms with Gasteiger partial charge in [-0.2, -0.15) is 12.6 Å². The summed E-state index contributed by atoms with van der Waals surface area (Å²) in [6, 6.07) is 19.6. The quantitative estimate of drug-likeness (QED) is 0.113. The number of halogens is 2. The smallest absolute Gasteiger partial charge is 0.412 e. The molecule has 2 N–H and O–H groups in total. The van der Waals surface area contributed by atoms with Gasteiger partial charge in [-0.3, -0.25) is 10.1 Å². The van der Waals surface area contributed by atoms with Crippen LogP contribution in [0, 0.1) is 0 Å². The molecule has 3 rings (SSSR count). The highest BCUT2D eigenvalue weighted by Gasteiger charge is 2.33. The predicted molar refractivity (Wildman–Crippen MR) is 155 cm³/mol. The van der Waals surface area contributed by atoms with E-state index in [1.54, 1.807) is 60.3 Å². The maximum absolute atomic E-state index is 13.0. The average molecular weight is 671 g/mol. The number of carbonyl (C=O) groups is 2. The molecule has 0 bridgehead atoms. The summed E-state index contributed by atoms with van der Waals surface area (Å²) in [5, 5.41) is 13.6. The molecule has 0 fully saturated rings. The van der Waals surface area contributed by atoms with E-state index >= 15 is 0 Å². The summed E-state index contributed by atoms with van der Waals surface area (Å²) < 4.78 is 18.3. The lowest BCUT2D eigenvalue weighted by Gasteiger charge is -2.29. The van der Waals surface area contributed by atoms with E-state index in [1.807, 2.05) is 24.5 Å². The van der Waals surface area contributed by atoms with Crippen molar-refractivity contribution in [1.82, 2.24) is 0 Å². The van der Waals surface area contributed by atoms with E-state index in [9.17, 15) is 14.7 Å². The SMILES string of the molecule is CSc1ccc(NC(=O)O[C@H](c2cc(Br)cc(Br)c2O)[C@@H](CCOC(=O)CS)Oc2ccccc2)cc1. The molecule has 0 aliphatic carbocycles. The van der Waals surface area contributed by atoms with Gasteiger partial charge in [-0.15, -0.1) is 11.8 Å². The van der Waals surface area contributed by atoms with Crippen LogP contribution in [0.2, 0.25) is 0 Å². The van der Waals surface area contributed by atoms with Crippen molar-refractivity contribution in [2.24, 2.45) is 0 Å². The fraction of sp³-hybridized carbons (Fsp3) is 0.231. The average Bonchev–Trinajstić information content (AvgIpc) is 2.90. The Hall–Kier alpha value is -2.34. The normalized spacial score (nSPS) is 12.3. The van der Waals surface area contributed by atoms with Crippen LogP contribution in [-0.2, 0) is 14.3 Å². The van der Waals surface area contributed by atoms with Crippen molar-refractivity contribution in [1.29, 1.82) is 0 Å². The van der Waals surface area contributed by atoms with Crippen molar-refractivity contribution < 1.29 is 28.9 Å². The summed E-state index contributed by atoms with van der Waals surface area (Å²) in [6.45, 7) is -0.00947. The minimum Gasteiger partial charge on any atom is -0.506 e. The van der Waals surface area contributed by atoms with Crippen LogP contribution in [0.1, 0.15) is 18.1 Å². The third kappa shape index (κ3) is 8.87. The number of thioether (sulfide) groups is 1. The van der Waals surface area contributed by atoms with Gasteiger partial charge in [0, 0.05) is 27.0 Å². The first-order chi connectivity index (χ1) is 17.8. The molecule has 0 aromatic heterocycles. The van der Waals surface area contributed by atoms with Crippen molar-refractivity contribution >= 4 is 74.0 Å². The summed E-state index contributed by atoms with van der Waals surface area (Å²) in [5.74, 6) is -0.150. The molecule has 0 aliphatic heterocycles. The van der Waals surface area contributed by atoms with E-state index in [0.29, 0.717) is 25.9 Å². The van der Waals surface area contributed by atoms with Crippen LogP contribution in [0.25, 0.3) is 0 Å². The van der Waals surface area contributed by atoms with Gasteiger partial charge in [0.2, 0.25) is 0 Å². The summed E-state index contributed by atoms with van der Waals surface area (Å²) in [7, 11) is 0. The molecule has 0 saturated carbocycles. The number of hydrogen-bond donors (Lipinski definition) is 3. The zero-order valence-electron chi connectivity index (χ0n) is 19.7. The largest absolute Gasteiger partial charge is 0.506 e. The van der Waals surface area contributed by atoms with Crippen molar-refractivity contribution in [2.75, 3.05) is 23.9 Å². The maximum Gasteiger partial charge on any atom is 0.412 e. The first-order valence-electron chi connectivity index (χ1n) is 11.1. The number of hydrogen-bond acceptors (Lipinski definition) is 8. The summed E-state index contributed by atoms with van der Waals surface area (Å²) in [5.41, 5.74) is 0.847. The third-order valence-corrected chi connectivity index (χ3v) is 7.16. The van der Waals surface area contributed by atoms with Gasteiger partial charge in [0.05, 0.1) is 16.8 Å². The third-order valence-electron chi connectivity index (χ3n) is 5.10. The Morgan fingerprint density at radius 3 is 2.43 bits per heavy atom. The number of phenolic OH excluding ortho intramolecular Hbond substituents is 1. The van der Waals surface area contributed by atoms with E-state index in [4.69, 9.17) is 14.2 Å². The number of benzene rings is 3. The van der Waals surface area contributed by atoms with E-state index in [2.05, 4.69) is 49.8 Å². The molecule has 11 heteroatoms. The lowest BCUT2D eigenvalue weighted by molar-refractivity contribution is -0.141. The summed E-state index contributed by atoms with van der Waals surface area (Å²) >= 11 is 12.3. The van der Waals surface area contributed by atoms with Gasteiger partial charge >= 0.3 is 12.1 Å². The second kappa shape index (κ2) is 14.6. The second-order valence-electron chi connectivity index (χ2n) is 7.64. The molecule has 196 valence electrons. The van der Waals surface area contributed by atoms with Gasteiger partial charge in [-0.25, -0.2) is 4.79 Å². The Labute approximate surface area is 241 Å². The Balaban J connectivity index is 1.94. The highest BCUT2D eigenvalue weighted by Crippen LogP contribution is 2.39. The van der Waals surface area contributed by atoms with E-state index in [0.717, 1.165) is 4.90 Å². The molecule has 0 radical (unpaired) electrons. The number of amides is 1. The number of para-hydroxylation sites is 1. The zero-order chi connectivity index (χ0) is 26.8. The number of aromatic hydroxyl groups is 1. The van der Waals surface area contributed by atoms with Gasteiger partial charge in [0.25, 0.3) is 0 Å². The Morgan fingerprint density at radius 1 is 1.08 bits per heavy atom. The van der Waals surface area contributed by atoms with Crippen LogP contribution >= 0.6 is 56.3 Å². The molecule has 0 aliphatic rings. The van der Waals surface area contributed by atoms with E-state index in [-0.39, 0.29) is 24.5 Å². The molecule has 2 atom stereocenters. The first-order valence-corrected chi connectivity index (χ1v) is 14.5. The highest BCUT2D eigenvalue weighted by molar-refractivity contribution is 9.11. The standard InChI is InChI=1S/C26H25Br2NO6S2/c1-37-19-9-7-17(8-10-19)29-26(32)35-25(20-13-16(27)14-21(28)24(20)31)22(11-12-33-23(30)15-36)34-18-5-3-2-4-6-18/h2-10,13-14,22,25,31,36H,11-12,15H2,1H3,(H,29,32)/t22-,25-/m1/s1. The maximum atomic E-state index is 13.0. The van der Waals surface area contributed by atoms with Crippen molar-refractivity contribution in [2.45, 2.75) is 23.5 Å². The van der Waals surface area contributed by atoms with Crippen LogP contribution in [0.4, 0.5) is 10.5 Å². The molecule has 0 spiro atoms. The van der Waals surface area contributed by atoms with Crippen LogP contribution in [0.3, 0.4) is 0 Å². The molecule has 0 unspecified atom stereocenters. The van der Waals surface area contributed by atoms with E-state index < -0.39 is 24.3 Å². The predicted octanol–water partition coefficient (Wildman–Crippen LogP) is 7.24. The Kier molecular flexibility index (Phi) is 11.5. The fourth-order valence-electron chi connectivity index (χ4n) is 3.36. The molecule has 3 aromatic rings. The molecule has 7 nitrogen and oxygen atoms in total. The summed E-state index contributed by atoms with van der Waals surface area (Å²) in [4.78, 5) is 25.7. The number of rotatable bonds is 11. The van der Waals surface area contributed by atoms with Gasteiger partial charge in [0.15, 0.2) is 6.10 Å². The van der Waals surface area contributed by atoms with Crippen LogP contribution in [0.15, 0.2) is 80.6 Å². The molecule has 0 heterocycles. The number of thiol groups is 1. The van der Waals surface area contributed by atoms with E-state index in [1.165, 1.54) is 0 Å². The van der Waals surface area contributed by atoms with Gasteiger partial charge < -0.3 is 19.3 Å². The molecule has 1 amide bonds. The monoisotopic (exact) mass is 669 g/mol. The molecular weight excluding hydrogens is 646 g/mol. The summed E-state index contributed by atoms with van der Waals surface area (Å²) in [6.07, 6.45) is -0.518. The minimum atomic E-state index is -1.07. The number of ether oxygens (including phenoxy) is 3. The van der Waals surface area contributed by atoms with Gasteiger partial charge in [-0.1, -0.05) is 34.1 Å². The Morgan fingerprint density at radius 2 is 1.78 bits per heavy atom. The minimum absolute atomic E-state index is 0.00947. The zero-order valence-corrected chi connectivity index (χ0v) is 24.6. The first kappa shape index (κ1) is 29.2. The second-order valence-corrected chi connectivity index (χ2v) is 10.6. The highest BCUT2D eigenvalue weighted by atomic mass is 79.9. The van der Waals surface area contributed by atoms with Gasteiger partial charge in [-0.05, 0) is 70.7 Å². The van der Waals surface area contributed by atoms with Crippen LogP contribution < -0.4 is 10.1 Å². The van der Waals surface area contributed by atoms with Crippen molar-refractivity contribution in [3.63, 3.8) is 0 Å². The van der Waals surface area contributed by atoms with Crippen LogP contribution in [0.5, 0.6) is 11.5 Å². The Bertz CT molecular complexity index is 1200. The fourth-order valence-corrected chi connectivity index (χ4v) is 5.12. The van der Waals surface area contributed by atoms with Crippen molar-refractivity contribution in [3.8, 4) is 11.5 Å².